The molecule has 36 heavy (non-hydrogen) atoms. The Morgan fingerprint density at radius 3 is 2.50 bits per heavy atom. The summed E-state index contributed by atoms with van der Waals surface area (Å²) in [5.41, 5.74) is 0.819. The van der Waals surface area contributed by atoms with Gasteiger partial charge in [0, 0.05) is 55.3 Å². The van der Waals surface area contributed by atoms with Crippen molar-refractivity contribution in [1.29, 1.82) is 0 Å². The standard InChI is InChI=1S/C22H28F3N7O2S2/c1-3-5-15-13-16-18(14-6-7-32-17(12-14)28-29-20(32)22(23,24)25)26-21(27-19(16)35-15)30-8-10-31(11-9-30)36(33,34)4-2/h13-14H,3-12H2,1-2H3. The minimum absolute atomic E-state index is 0.0668. The third kappa shape index (κ3) is 4.70. The molecule has 0 aliphatic carbocycles. The monoisotopic (exact) mass is 543 g/mol. The molecule has 3 aromatic rings. The van der Waals surface area contributed by atoms with E-state index in [4.69, 9.17) is 9.97 Å². The SMILES string of the molecule is CCCc1cc2c(C3CCn4c(nnc4C(F)(F)F)C3)nc(N3CCN(S(=O)(=O)CC)CC3)nc2s1. The third-order valence-electron chi connectivity index (χ3n) is 6.84. The van der Waals surface area contributed by atoms with Gasteiger partial charge in [0.25, 0.3) is 0 Å². The quantitative estimate of drug-likeness (QED) is 0.470. The van der Waals surface area contributed by atoms with Gasteiger partial charge in [0.1, 0.15) is 10.7 Å². The van der Waals surface area contributed by atoms with Crippen LogP contribution < -0.4 is 4.90 Å². The van der Waals surface area contributed by atoms with E-state index in [1.165, 1.54) is 13.7 Å². The normalized spacial score (nSPS) is 19.7. The molecular weight excluding hydrogens is 515 g/mol. The van der Waals surface area contributed by atoms with Crippen LogP contribution in [0, 0.1) is 0 Å². The minimum atomic E-state index is -4.54. The molecule has 0 radical (unpaired) electrons. The van der Waals surface area contributed by atoms with Crippen molar-refractivity contribution >= 4 is 37.5 Å². The van der Waals surface area contributed by atoms with Gasteiger partial charge < -0.3 is 9.47 Å². The number of fused-ring (bicyclic) bond motifs is 2. The fourth-order valence-electron chi connectivity index (χ4n) is 4.92. The van der Waals surface area contributed by atoms with Crippen LogP contribution in [0.4, 0.5) is 19.1 Å². The summed E-state index contributed by atoms with van der Waals surface area (Å²) in [7, 11) is -3.25. The molecule has 5 heterocycles. The topological polar surface area (TPSA) is 97.1 Å². The molecule has 1 fully saturated rings. The Bertz CT molecular complexity index is 1360. The Morgan fingerprint density at radius 1 is 1.08 bits per heavy atom. The van der Waals surface area contributed by atoms with E-state index < -0.39 is 22.0 Å². The zero-order valence-electron chi connectivity index (χ0n) is 20.1. The lowest BCUT2D eigenvalue weighted by Crippen LogP contribution is -2.49. The zero-order chi connectivity index (χ0) is 25.7. The van der Waals surface area contributed by atoms with Crippen molar-refractivity contribution < 1.29 is 21.6 Å². The predicted molar refractivity (Wildman–Crippen MR) is 131 cm³/mol. The number of nitrogens with zero attached hydrogens (tertiary/aromatic N) is 7. The minimum Gasteiger partial charge on any atom is -0.338 e. The van der Waals surface area contributed by atoms with Crippen LogP contribution in [0.3, 0.4) is 0 Å². The summed E-state index contributed by atoms with van der Waals surface area (Å²) in [6, 6.07) is 2.11. The zero-order valence-corrected chi connectivity index (χ0v) is 21.8. The first-order valence-electron chi connectivity index (χ1n) is 12.1. The lowest BCUT2D eigenvalue weighted by molar-refractivity contribution is -0.147. The number of thiophene rings is 1. The maximum absolute atomic E-state index is 13.3. The lowest BCUT2D eigenvalue weighted by Gasteiger charge is -2.34. The molecule has 2 aliphatic heterocycles. The second-order valence-corrected chi connectivity index (χ2v) is 12.5. The molecule has 0 amide bonds. The van der Waals surface area contributed by atoms with Crippen molar-refractivity contribution in [3.63, 3.8) is 0 Å². The highest BCUT2D eigenvalue weighted by atomic mass is 32.2. The summed E-state index contributed by atoms with van der Waals surface area (Å²) in [5.74, 6) is -0.145. The van der Waals surface area contributed by atoms with Gasteiger partial charge in [0.2, 0.25) is 21.8 Å². The van der Waals surface area contributed by atoms with Gasteiger partial charge in [-0.3, -0.25) is 0 Å². The summed E-state index contributed by atoms with van der Waals surface area (Å²) in [4.78, 5) is 13.8. The molecule has 1 unspecified atom stereocenters. The van der Waals surface area contributed by atoms with Crippen LogP contribution in [-0.2, 0) is 35.6 Å². The second kappa shape index (κ2) is 9.53. The summed E-state index contributed by atoms with van der Waals surface area (Å²) >= 11 is 1.61. The van der Waals surface area contributed by atoms with E-state index in [0.717, 1.165) is 28.8 Å². The molecule has 14 heteroatoms. The fourth-order valence-corrected chi connectivity index (χ4v) is 7.14. The van der Waals surface area contributed by atoms with E-state index in [1.807, 2.05) is 4.90 Å². The summed E-state index contributed by atoms with van der Waals surface area (Å²) in [6.45, 7) is 5.60. The first-order valence-corrected chi connectivity index (χ1v) is 14.6. The molecule has 9 nitrogen and oxygen atoms in total. The van der Waals surface area contributed by atoms with E-state index >= 15 is 0 Å². The van der Waals surface area contributed by atoms with Crippen LogP contribution in [0.15, 0.2) is 6.07 Å². The van der Waals surface area contributed by atoms with Crippen molar-refractivity contribution in [1.82, 2.24) is 29.0 Å². The number of anilines is 1. The average Bonchev–Trinajstić information content (AvgIpc) is 3.47. The number of alkyl halides is 3. The van der Waals surface area contributed by atoms with Crippen molar-refractivity contribution in [3.8, 4) is 0 Å². The third-order valence-corrected chi connectivity index (χ3v) is 9.81. The number of piperazine rings is 1. The van der Waals surface area contributed by atoms with Crippen LogP contribution >= 0.6 is 11.3 Å². The van der Waals surface area contributed by atoms with E-state index in [9.17, 15) is 21.6 Å². The molecule has 1 atom stereocenters. The van der Waals surface area contributed by atoms with Crippen LogP contribution in [0.2, 0.25) is 0 Å². The number of aromatic nitrogens is 5. The van der Waals surface area contributed by atoms with Gasteiger partial charge in [-0.05, 0) is 25.8 Å². The molecule has 3 aromatic heterocycles. The maximum atomic E-state index is 13.3. The highest BCUT2D eigenvalue weighted by molar-refractivity contribution is 7.89. The van der Waals surface area contributed by atoms with Gasteiger partial charge in [0.05, 0.1) is 11.4 Å². The van der Waals surface area contributed by atoms with Crippen LogP contribution in [0.1, 0.15) is 54.8 Å². The first-order chi connectivity index (χ1) is 17.1. The van der Waals surface area contributed by atoms with Gasteiger partial charge in [-0.25, -0.2) is 18.4 Å². The van der Waals surface area contributed by atoms with Gasteiger partial charge >= 0.3 is 6.18 Å². The number of halogens is 3. The molecule has 0 aromatic carbocycles. The Labute approximate surface area is 211 Å². The average molecular weight is 544 g/mol. The van der Waals surface area contributed by atoms with Gasteiger partial charge in [-0.1, -0.05) is 13.3 Å². The van der Waals surface area contributed by atoms with Crippen LogP contribution in [0.5, 0.6) is 0 Å². The van der Waals surface area contributed by atoms with E-state index in [-0.39, 0.29) is 18.2 Å². The molecular formula is C22H28F3N7O2S2. The van der Waals surface area contributed by atoms with E-state index in [2.05, 4.69) is 23.2 Å². The highest BCUT2D eigenvalue weighted by Gasteiger charge is 2.40. The molecule has 196 valence electrons. The number of sulfonamides is 1. The first kappa shape index (κ1) is 25.3. The van der Waals surface area contributed by atoms with E-state index in [1.54, 1.807) is 18.3 Å². The largest absolute Gasteiger partial charge is 0.451 e. The molecule has 0 bridgehead atoms. The fraction of sp³-hybridized carbons (Fsp3) is 0.636. The molecule has 0 spiro atoms. The van der Waals surface area contributed by atoms with Gasteiger partial charge in [-0.15, -0.1) is 21.5 Å². The Morgan fingerprint density at radius 2 is 1.83 bits per heavy atom. The number of hydrogen-bond acceptors (Lipinski definition) is 8. The molecule has 0 N–H and O–H groups in total. The lowest BCUT2D eigenvalue weighted by atomic mass is 9.92. The van der Waals surface area contributed by atoms with Crippen molar-refractivity contribution in [3.05, 3.63) is 28.3 Å². The number of hydrogen-bond donors (Lipinski definition) is 0. The summed E-state index contributed by atoms with van der Waals surface area (Å²) in [5, 5.41) is 8.19. The molecule has 0 saturated carbocycles. The second-order valence-electron chi connectivity index (χ2n) is 9.16. The Hall–Kier alpha value is -2.32. The Balaban J connectivity index is 1.47. The summed E-state index contributed by atoms with van der Waals surface area (Å²) < 4.78 is 67.1. The molecule has 1 saturated heterocycles. The highest BCUT2D eigenvalue weighted by Crippen LogP contribution is 2.38. The number of aryl methyl sites for hydroxylation is 1. The molecule has 2 aliphatic rings. The van der Waals surface area contributed by atoms with Crippen LogP contribution in [0.25, 0.3) is 10.2 Å². The van der Waals surface area contributed by atoms with Crippen LogP contribution in [-0.4, -0.2) is 69.4 Å². The maximum Gasteiger partial charge on any atom is 0.451 e. The predicted octanol–water partition coefficient (Wildman–Crippen LogP) is 3.46. The number of rotatable bonds is 6. The smallest absolute Gasteiger partial charge is 0.338 e. The van der Waals surface area contributed by atoms with Gasteiger partial charge in [-0.2, -0.15) is 17.5 Å². The van der Waals surface area contributed by atoms with Gasteiger partial charge in [0.15, 0.2) is 0 Å². The van der Waals surface area contributed by atoms with Crippen molar-refractivity contribution in [2.24, 2.45) is 0 Å². The summed E-state index contributed by atoms with van der Waals surface area (Å²) in [6.07, 6.45) is -1.83. The molecule has 5 rings (SSSR count). The van der Waals surface area contributed by atoms with Crippen molar-refractivity contribution in [2.45, 2.75) is 58.2 Å². The Kier molecular flexibility index (Phi) is 6.70. The van der Waals surface area contributed by atoms with E-state index in [0.29, 0.717) is 50.8 Å². The van der Waals surface area contributed by atoms with Crippen molar-refractivity contribution in [2.75, 3.05) is 36.8 Å².